The lowest BCUT2D eigenvalue weighted by atomic mass is 9.94. The molecule has 0 bridgehead atoms. The molecule has 0 N–H and O–H groups in total. The molecule has 0 aliphatic heterocycles. The van der Waals surface area contributed by atoms with Crippen LogP contribution in [0.1, 0.15) is 43.9 Å². The van der Waals surface area contributed by atoms with E-state index in [1.165, 1.54) is 35.7 Å². The van der Waals surface area contributed by atoms with Gasteiger partial charge < -0.3 is 9.47 Å². The molecule has 0 saturated carbocycles. The Morgan fingerprint density at radius 3 is 2.59 bits per heavy atom. The molecule has 0 aliphatic rings. The van der Waals surface area contributed by atoms with Crippen molar-refractivity contribution in [1.82, 2.24) is 9.55 Å². The number of unbranched alkanes of at least 4 members (excludes halogenated alkanes) is 3. The fourth-order valence-corrected chi connectivity index (χ4v) is 4.27. The van der Waals surface area contributed by atoms with Gasteiger partial charge in [0.15, 0.2) is 0 Å². The van der Waals surface area contributed by atoms with Crippen molar-refractivity contribution in [1.29, 1.82) is 5.26 Å². The van der Waals surface area contributed by atoms with Crippen LogP contribution < -0.4 is 4.90 Å². The molecule has 0 atom stereocenters. The summed E-state index contributed by atoms with van der Waals surface area (Å²) in [5.74, 6) is 0. The number of benzene rings is 3. The number of aromatic nitrogens is 2. The highest BCUT2D eigenvalue weighted by molar-refractivity contribution is 5.98. The Morgan fingerprint density at radius 1 is 0.969 bits per heavy atom. The largest absolute Gasteiger partial charge is 0.366 e. The van der Waals surface area contributed by atoms with E-state index in [1.54, 1.807) is 0 Å². The maximum absolute atomic E-state index is 9.85. The number of hydrogen-bond donors (Lipinski definition) is 0. The van der Waals surface area contributed by atoms with Crippen LogP contribution in [0.3, 0.4) is 0 Å². The third-order valence-corrected chi connectivity index (χ3v) is 6.12. The molecule has 0 saturated heterocycles. The van der Waals surface area contributed by atoms with Gasteiger partial charge in [-0.05, 0) is 41.0 Å². The normalized spacial score (nSPS) is 10.9. The third kappa shape index (κ3) is 4.68. The van der Waals surface area contributed by atoms with Crippen molar-refractivity contribution in [2.24, 2.45) is 7.05 Å². The van der Waals surface area contributed by atoms with Crippen molar-refractivity contribution in [3.05, 3.63) is 84.4 Å². The Hall–Kier alpha value is -3.58. The summed E-state index contributed by atoms with van der Waals surface area (Å²) in [6.07, 6.45) is 8.65. The first-order valence-corrected chi connectivity index (χ1v) is 11.4. The number of fused-ring (bicyclic) bond motifs is 1. The van der Waals surface area contributed by atoms with Gasteiger partial charge in [0.25, 0.3) is 0 Å². The second-order valence-electron chi connectivity index (χ2n) is 8.35. The zero-order valence-corrected chi connectivity index (χ0v) is 19.0. The Morgan fingerprint density at radius 2 is 1.81 bits per heavy atom. The predicted octanol–water partition coefficient (Wildman–Crippen LogP) is 6.70. The Bertz CT molecular complexity index is 1230. The molecule has 4 heteroatoms. The third-order valence-electron chi connectivity index (χ3n) is 6.12. The van der Waals surface area contributed by atoms with E-state index in [1.807, 2.05) is 25.6 Å². The lowest BCUT2D eigenvalue weighted by Gasteiger charge is -2.26. The fraction of sp³-hybridized carbons (Fsp3) is 0.286. The Balaban J connectivity index is 1.75. The van der Waals surface area contributed by atoms with Gasteiger partial charge in [0, 0.05) is 31.0 Å². The summed E-state index contributed by atoms with van der Waals surface area (Å²) < 4.78 is 2.08. The van der Waals surface area contributed by atoms with E-state index in [-0.39, 0.29) is 0 Å². The van der Waals surface area contributed by atoms with Crippen molar-refractivity contribution in [3.63, 3.8) is 0 Å². The van der Waals surface area contributed by atoms with E-state index < -0.39 is 0 Å². The topological polar surface area (TPSA) is 44.9 Å². The van der Waals surface area contributed by atoms with Gasteiger partial charge in [0.2, 0.25) is 0 Å². The Labute approximate surface area is 190 Å². The predicted molar refractivity (Wildman–Crippen MR) is 132 cm³/mol. The molecule has 1 aromatic heterocycles. The van der Waals surface area contributed by atoms with Crippen LogP contribution >= 0.6 is 0 Å². The average Bonchev–Trinajstić information content (AvgIpc) is 3.24. The van der Waals surface area contributed by atoms with E-state index in [9.17, 15) is 5.26 Å². The van der Waals surface area contributed by atoms with Crippen molar-refractivity contribution >= 4 is 16.5 Å². The number of anilines is 1. The summed E-state index contributed by atoms with van der Waals surface area (Å²) >= 11 is 0. The first kappa shape index (κ1) is 21.6. The highest BCUT2D eigenvalue weighted by Gasteiger charge is 2.15. The molecule has 4 aromatic rings. The molecule has 0 fully saturated rings. The van der Waals surface area contributed by atoms with Gasteiger partial charge in [-0.1, -0.05) is 68.7 Å². The maximum atomic E-state index is 9.85. The zero-order valence-electron chi connectivity index (χ0n) is 19.0. The van der Waals surface area contributed by atoms with Crippen LogP contribution in [0.15, 0.2) is 73.2 Å². The van der Waals surface area contributed by atoms with Crippen LogP contribution in [0.4, 0.5) is 5.69 Å². The summed E-state index contributed by atoms with van der Waals surface area (Å²) in [6, 6.07) is 23.3. The van der Waals surface area contributed by atoms with E-state index in [4.69, 9.17) is 0 Å². The molecule has 0 spiro atoms. The minimum Gasteiger partial charge on any atom is -0.366 e. The van der Waals surface area contributed by atoms with Crippen LogP contribution in [0, 0.1) is 11.3 Å². The maximum Gasteiger partial charge on any atom is 0.0998 e. The number of rotatable bonds is 9. The molecule has 32 heavy (non-hydrogen) atoms. The molecule has 0 unspecified atom stereocenters. The summed E-state index contributed by atoms with van der Waals surface area (Å²) in [7, 11) is 2.04. The highest BCUT2D eigenvalue weighted by atomic mass is 15.2. The first-order valence-electron chi connectivity index (χ1n) is 11.4. The molecular weight excluding hydrogens is 392 g/mol. The number of imidazole rings is 1. The molecule has 0 radical (unpaired) electrons. The van der Waals surface area contributed by atoms with Gasteiger partial charge in [-0.25, -0.2) is 4.98 Å². The van der Waals surface area contributed by atoms with Gasteiger partial charge in [0.05, 0.1) is 30.2 Å². The van der Waals surface area contributed by atoms with Crippen LogP contribution in [0.2, 0.25) is 0 Å². The number of hydrogen-bond acceptors (Lipinski definition) is 3. The van der Waals surface area contributed by atoms with Crippen LogP contribution in [0.25, 0.3) is 21.9 Å². The zero-order chi connectivity index (χ0) is 22.3. The second-order valence-corrected chi connectivity index (χ2v) is 8.35. The number of nitriles is 1. The highest BCUT2D eigenvalue weighted by Crippen LogP contribution is 2.34. The molecule has 1 heterocycles. The standard InChI is InChI=1S/C28H30N4/c1-3-4-5-8-16-32(20-25-19-30-21-31(25)2)24-15-14-23(18-29)28(17-24)27-13-9-11-22-10-6-7-12-26(22)27/h6-7,9-15,17,19,21H,3-5,8,16,20H2,1-2H3. The van der Waals surface area contributed by atoms with Crippen molar-refractivity contribution in [2.45, 2.75) is 39.2 Å². The Kier molecular flexibility index (Phi) is 6.87. The van der Waals surface area contributed by atoms with Gasteiger partial charge in [-0.3, -0.25) is 0 Å². The first-order chi connectivity index (χ1) is 15.7. The smallest absolute Gasteiger partial charge is 0.0998 e. The molecular formula is C28H30N4. The summed E-state index contributed by atoms with van der Waals surface area (Å²) in [6.45, 7) is 4.01. The van der Waals surface area contributed by atoms with E-state index in [0.717, 1.165) is 36.3 Å². The summed E-state index contributed by atoms with van der Waals surface area (Å²) in [5, 5.41) is 12.2. The average molecular weight is 423 g/mol. The molecule has 4 nitrogen and oxygen atoms in total. The van der Waals surface area contributed by atoms with Crippen LogP contribution in [-0.4, -0.2) is 16.1 Å². The molecule has 162 valence electrons. The molecule has 3 aromatic carbocycles. The number of aryl methyl sites for hydroxylation is 1. The van der Waals surface area contributed by atoms with Gasteiger partial charge in [-0.2, -0.15) is 5.26 Å². The molecule has 4 rings (SSSR count). The van der Waals surface area contributed by atoms with Gasteiger partial charge in [0.1, 0.15) is 0 Å². The minimum absolute atomic E-state index is 0.705. The van der Waals surface area contributed by atoms with E-state index in [0.29, 0.717) is 5.56 Å². The lowest BCUT2D eigenvalue weighted by Crippen LogP contribution is -2.25. The molecule has 0 aliphatic carbocycles. The second kappa shape index (κ2) is 10.2. The van der Waals surface area contributed by atoms with E-state index >= 15 is 0 Å². The van der Waals surface area contributed by atoms with Gasteiger partial charge >= 0.3 is 0 Å². The monoisotopic (exact) mass is 422 g/mol. The molecule has 0 amide bonds. The van der Waals surface area contributed by atoms with Gasteiger partial charge in [-0.15, -0.1) is 0 Å². The number of nitrogens with zero attached hydrogens (tertiary/aromatic N) is 4. The minimum atomic E-state index is 0.705. The lowest BCUT2D eigenvalue weighted by molar-refractivity contribution is 0.634. The van der Waals surface area contributed by atoms with Crippen molar-refractivity contribution in [3.8, 4) is 17.2 Å². The van der Waals surface area contributed by atoms with Crippen molar-refractivity contribution in [2.75, 3.05) is 11.4 Å². The van der Waals surface area contributed by atoms with Crippen LogP contribution in [-0.2, 0) is 13.6 Å². The summed E-state index contributed by atoms with van der Waals surface area (Å²) in [4.78, 5) is 6.72. The summed E-state index contributed by atoms with van der Waals surface area (Å²) in [5.41, 5.74) is 5.12. The fourth-order valence-electron chi connectivity index (χ4n) is 4.27. The SMILES string of the molecule is CCCCCCN(Cc1cncn1C)c1ccc(C#N)c(-c2cccc3ccccc23)c1. The quantitative estimate of drug-likeness (QED) is 0.282. The van der Waals surface area contributed by atoms with Crippen molar-refractivity contribution < 1.29 is 0 Å². The van der Waals surface area contributed by atoms with Crippen LogP contribution in [0.5, 0.6) is 0 Å². The van der Waals surface area contributed by atoms with E-state index in [2.05, 4.69) is 82.0 Å².